The molecule has 0 saturated carbocycles. The summed E-state index contributed by atoms with van der Waals surface area (Å²) in [5.74, 6) is 0.807. The van der Waals surface area contributed by atoms with Gasteiger partial charge in [-0.3, -0.25) is 9.36 Å². The number of hydrogen-bond acceptors (Lipinski definition) is 4. The molecule has 0 spiro atoms. The fourth-order valence-corrected chi connectivity index (χ4v) is 4.42. The number of aromatic nitrogens is 2. The summed E-state index contributed by atoms with van der Waals surface area (Å²) >= 11 is 5.03. The number of benzene rings is 2. The highest BCUT2D eigenvalue weighted by atomic mass is 79.9. The average Bonchev–Trinajstić information content (AvgIpc) is 3.15. The first kappa shape index (κ1) is 16.8. The highest BCUT2D eigenvalue weighted by Gasteiger charge is 2.19. The van der Waals surface area contributed by atoms with Gasteiger partial charge in [-0.25, -0.2) is 4.98 Å². The van der Waals surface area contributed by atoms with Crippen molar-refractivity contribution in [1.29, 1.82) is 0 Å². The van der Waals surface area contributed by atoms with Crippen molar-refractivity contribution >= 4 is 38.6 Å². The van der Waals surface area contributed by atoms with Crippen LogP contribution in [0.5, 0.6) is 0 Å². The van der Waals surface area contributed by atoms with Gasteiger partial charge >= 0.3 is 0 Å². The second-order valence-electron chi connectivity index (χ2n) is 5.98. The van der Waals surface area contributed by atoms with Gasteiger partial charge in [0, 0.05) is 16.8 Å². The first-order chi connectivity index (χ1) is 12.2. The molecule has 1 aliphatic heterocycles. The van der Waals surface area contributed by atoms with Crippen LogP contribution in [-0.4, -0.2) is 28.0 Å². The number of halogens is 1. The molecule has 1 aliphatic rings. The average molecular weight is 417 g/mol. The van der Waals surface area contributed by atoms with Gasteiger partial charge < -0.3 is 4.74 Å². The number of thioether (sulfide) groups is 1. The zero-order chi connectivity index (χ0) is 17.2. The van der Waals surface area contributed by atoms with Gasteiger partial charge in [0.05, 0.1) is 22.7 Å². The van der Waals surface area contributed by atoms with E-state index in [0.717, 1.165) is 40.9 Å². The largest absolute Gasteiger partial charge is 0.377 e. The molecule has 1 unspecified atom stereocenters. The van der Waals surface area contributed by atoms with E-state index in [2.05, 4.69) is 15.9 Å². The Morgan fingerprint density at radius 2 is 2.08 bits per heavy atom. The van der Waals surface area contributed by atoms with Crippen LogP contribution in [0.15, 0.2) is 63.0 Å². The second-order valence-corrected chi connectivity index (χ2v) is 7.88. The first-order valence-electron chi connectivity index (χ1n) is 8.24. The molecule has 2 heterocycles. The van der Waals surface area contributed by atoms with E-state index in [0.29, 0.717) is 10.5 Å². The van der Waals surface area contributed by atoms with Crippen molar-refractivity contribution < 1.29 is 4.74 Å². The van der Waals surface area contributed by atoms with E-state index in [1.165, 1.54) is 0 Å². The van der Waals surface area contributed by atoms with Gasteiger partial charge in [-0.15, -0.1) is 0 Å². The highest BCUT2D eigenvalue weighted by Crippen LogP contribution is 2.26. The Balaban J connectivity index is 1.83. The molecule has 2 aromatic carbocycles. The van der Waals surface area contributed by atoms with Crippen molar-refractivity contribution in [3.8, 4) is 5.69 Å². The molecule has 1 atom stereocenters. The lowest BCUT2D eigenvalue weighted by Gasteiger charge is -2.15. The molecular weight excluding hydrogens is 400 g/mol. The maximum atomic E-state index is 13.2. The summed E-state index contributed by atoms with van der Waals surface area (Å²) in [7, 11) is 0. The Kier molecular flexibility index (Phi) is 4.92. The van der Waals surface area contributed by atoms with Gasteiger partial charge in [-0.2, -0.15) is 0 Å². The number of rotatable bonds is 4. The summed E-state index contributed by atoms with van der Waals surface area (Å²) in [6, 6.07) is 15.3. The van der Waals surface area contributed by atoms with Crippen LogP contribution in [0.3, 0.4) is 0 Å². The van der Waals surface area contributed by atoms with Crippen LogP contribution < -0.4 is 5.56 Å². The minimum Gasteiger partial charge on any atom is -0.377 e. The summed E-state index contributed by atoms with van der Waals surface area (Å²) in [6.07, 6.45) is 2.42. The van der Waals surface area contributed by atoms with E-state index in [1.807, 2.05) is 48.5 Å². The number of nitrogens with zero attached hydrogens (tertiary/aromatic N) is 2. The SMILES string of the molecule is O=c1c2cc(Br)ccc2nc(SCC2CCCO2)n1-c1ccccc1. The highest BCUT2D eigenvalue weighted by molar-refractivity contribution is 9.10. The van der Waals surface area contributed by atoms with Gasteiger partial charge in [0.2, 0.25) is 0 Å². The molecule has 3 aromatic rings. The molecule has 6 heteroatoms. The molecule has 1 saturated heterocycles. The minimum atomic E-state index is -0.0488. The molecular formula is C19H17BrN2O2S. The molecule has 4 rings (SSSR count). The lowest BCUT2D eigenvalue weighted by molar-refractivity contribution is 0.129. The summed E-state index contributed by atoms with van der Waals surface area (Å²) < 4.78 is 8.29. The zero-order valence-electron chi connectivity index (χ0n) is 13.5. The molecule has 0 N–H and O–H groups in total. The molecule has 128 valence electrons. The maximum absolute atomic E-state index is 13.2. The predicted molar refractivity (Wildman–Crippen MR) is 105 cm³/mol. The zero-order valence-corrected chi connectivity index (χ0v) is 15.9. The van der Waals surface area contributed by atoms with E-state index in [1.54, 1.807) is 16.3 Å². The number of para-hydroxylation sites is 1. The van der Waals surface area contributed by atoms with Crippen LogP contribution in [-0.2, 0) is 4.74 Å². The Morgan fingerprint density at radius 1 is 1.24 bits per heavy atom. The van der Waals surface area contributed by atoms with E-state index in [-0.39, 0.29) is 11.7 Å². The van der Waals surface area contributed by atoms with E-state index >= 15 is 0 Å². The molecule has 0 aliphatic carbocycles. The lowest BCUT2D eigenvalue weighted by atomic mass is 10.2. The van der Waals surface area contributed by atoms with Crippen molar-refractivity contribution in [2.75, 3.05) is 12.4 Å². The van der Waals surface area contributed by atoms with Crippen molar-refractivity contribution in [3.05, 3.63) is 63.4 Å². The predicted octanol–water partition coefficient (Wildman–Crippen LogP) is 4.42. The third-order valence-corrected chi connectivity index (χ3v) is 5.80. The number of fused-ring (bicyclic) bond motifs is 1. The fraction of sp³-hybridized carbons (Fsp3) is 0.263. The van der Waals surface area contributed by atoms with Crippen molar-refractivity contribution in [2.24, 2.45) is 0 Å². The molecule has 1 aromatic heterocycles. The van der Waals surface area contributed by atoms with Crippen LogP contribution >= 0.6 is 27.7 Å². The number of hydrogen-bond donors (Lipinski definition) is 0. The van der Waals surface area contributed by atoms with E-state index < -0.39 is 0 Å². The maximum Gasteiger partial charge on any atom is 0.266 e. The van der Waals surface area contributed by atoms with Gasteiger partial charge in [0.1, 0.15) is 0 Å². The second kappa shape index (κ2) is 7.32. The molecule has 0 bridgehead atoms. The summed E-state index contributed by atoms with van der Waals surface area (Å²) in [6.45, 7) is 0.829. The normalized spacial score (nSPS) is 17.2. The third kappa shape index (κ3) is 3.52. The molecule has 1 fully saturated rings. The van der Waals surface area contributed by atoms with Crippen LogP contribution in [0.2, 0.25) is 0 Å². The van der Waals surface area contributed by atoms with Crippen LogP contribution in [0, 0.1) is 0 Å². The number of ether oxygens (including phenoxy) is 1. The Morgan fingerprint density at radius 3 is 2.84 bits per heavy atom. The third-order valence-electron chi connectivity index (χ3n) is 4.24. The van der Waals surface area contributed by atoms with Gasteiger partial charge in [0.25, 0.3) is 5.56 Å². The summed E-state index contributed by atoms with van der Waals surface area (Å²) in [4.78, 5) is 17.9. The summed E-state index contributed by atoms with van der Waals surface area (Å²) in [5, 5.41) is 1.32. The first-order valence-corrected chi connectivity index (χ1v) is 10.0. The van der Waals surface area contributed by atoms with E-state index in [4.69, 9.17) is 9.72 Å². The van der Waals surface area contributed by atoms with Crippen LogP contribution in [0.1, 0.15) is 12.8 Å². The van der Waals surface area contributed by atoms with Crippen LogP contribution in [0.4, 0.5) is 0 Å². The molecule has 25 heavy (non-hydrogen) atoms. The van der Waals surface area contributed by atoms with Gasteiger partial charge in [-0.05, 0) is 43.2 Å². The van der Waals surface area contributed by atoms with E-state index in [9.17, 15) is 4.79 Å². The van der Waals surface area contributed by atoms with Crippen molar-refractivity contribution in [2.45, 2.75) is 24.1 Å². The van der Waals surface area contributed by atoms with Crippen molar-refractivity contribution in [1.82, 2.24) is 9.55 Å². The molecule has 0 radical (unpaired) electrons. The monoisotopic (exact) mass is 416 g/mol. The Hall–Kier alpha value is -1.63. The van der Waals surface area contributed by atoms with Crippen molar-refractivity contribution in [3.63, 3.8) is 0 Å². The summed E-state index contributed by atoms with van der Waals surface area (Å²) in [5.41, 5.74) is 1.50. The quantitative estimate of drug-likeness (QED) is 0.466. The molecule has 4 nitrogen and oxygen atoms in total. The minimum absolute atomic E-state index is 0.0488. The smallest absolute Gasteiger partial charge is 0.266 e. The molecule has 0 amide bonds. The lowest BCUT2D eigenvalue weighted by Crippen LogP contribution is -2.22. The Bertz CT molecular complexity index is 953. The van der Waals surface area contributed by atoms with Crippen LogP contribution in [0.25, 0.3) is 16.6 Å². The van der Waals surface area contributed by atoms with Gasteiger partial charge in [0.15, 0.2) is 5.16 Å². The Labute approximate surface area is 158 Å². The fourth-order valence-electron chi connectivity index (χ4n) is 2.98. The topological polar surface area (TPSA) is 44.1 Å². The van der Waals surface area contributed by atoms with Gasteiger partial charge in [-0.1, -0.05) is 45.9 Å². The standard InChI is InChI=1S/C19H17BrN2O2S/c20-13-8-9-17-16(11-13)18(23)22(14-5-2-1-3-6-14)19(21-17)25-12-15-7-4-10-24-15/h1-3,5-6,8-9,11,15H,4,7,10,12H2.